The Labute approximate surface area is 185 Å². The van der Waals surface area contributed by atoms with Crippen molar-refractivity contribution in [3.8, 4) is 5.75 Å². The van der Waals surface area contributed by atoms with Crippen LogP contribution < -0.4 is 15.0 Å². The molecule has 1 aliphatic rings. The third-order valence-corrected chi connectivity index (χ3v) is 6.28. The van der Waals surface area contributed by atoms with Gasteiger partial charge in [0.2, 0.25) is 16.9 Å². The SMILES string of the molecule is COc1ccc(CCc2nnc(NC(=O)[C@H]3CC(=O)N(c4ccccc4C)C3)s2)cc1. The van der Waals surface area contributed by atoms with Gasteiger partial charge in [0.15, 0.2) is 0 Å². The molecule has 0 aliphatic carbocycles. The Hall–Kier alpha value is -3.26. The number of nitrogens with one attached hydrogen (secondary N) is 1. The highest BCUT2D eigenvalue weighted by Crippen LogP contribution is 2.29. The number of anilines is 2. The van der Waals surface area contributed by atoms with Gasteiger partial charge in [0.05, 0.1) is 13.0 Å². The van der Waals surface area contributed by atoms with E-state index in [0.717, 1.165) is 34.8 Å². The van der Waals surface area contributed by atoms with E-state index in [1.807, 2.05) is 55.5 Å². The van der Waals surface area contributed by atoms with Crippen LogP contribution in [0, 0.1) is 12.8 Å². The summed E-state index contributed by atoms with van der Waals surface area (Å²) in [6.07, 6.45) is 1.77. The fraction of sp³-hybridized carbons (Fsp3) is 0.304. The number of hydrogen-bond acceptors (Lipinski definition) is 6. The first-order valence-corrected chi connectivity index (χ1v) is 11.0. The maximum Gasteiger partial charge on any atom is 0.231 e. The zero-order valence-corrected chi connectivity index (χ0v) is 18.3. The maximum absolute atomic E-state index is 12.7. The van der Waals surface area contributed by atoms with E-state index in [9.17, 15) is 9.59 Å². The molecule has 4 rings (SSSR count). The topological polar surface area (TPSA) is 84.4 Å². The summed E-state index contributed by atoms with van der Waals surface area (Å²) in [5.41, 5.74) is 3.06. The Kier molecular flexibility index (Phi) is 6.27. The number of benzene rings is 2. The van der Waals surface area contributed by atoms with Gasteiger partial charge >= 0.3 is 0 Å². The van der Waals surface area contributed by atoms with Gasteiger partial charge in [-0.25, -0.2) is 0 Å². The minimum Gasteiger partial charge on any atom is -0.497 e. The number of ether oxygens (including phenoxy) is 1. The fourth-order valence-electron chi connectivity index (χ4n) is 3.64. The van der Waals surface area contributed by atoms with E-state index >= 15 is 0 Å². The Morgan fingerprint density at radius 2 is 1.94 bits per heavy atom. The summed E-state index contributed by atoms with van der Waals surface area (Å²) in [6, 6.07) is 15.6. The molecule has 1 N–H and O–H groups in total. The number of carbonyl (C=O) groups excluding carboxylic acids is 2. The summed E-state index contributed by atoms with van der Waals surface area (Å²) in [5, 5.41) is 12.4. The molecule has 1 aromatic heterocycles. The quantitative estimate of drug-likeness (QED) is 0.611. The molecule has 31 heavy (non-hydrogen) atoms. The van der Waals surface area contributed by atoms with E-state index in [1.165, 1.54) is 16.9 Å². The minimum absolute atomic E-state index is 0.0353. The predicted octanol–water partition coefficient (Wildman–Crippen LogP) is 3.63. The number of amides is 2. The lowest BCUT2D eigenvalue weighted by Crippen LogP contribution is -2.28. The Bertz CT molecular complexity index is 1080. The van der Waals surface area contributed by atoms with Gasteiger partial charge in [-0.05, 0) is 42.7 Å². The van der Waals surface area contributed by atoms with Gasteiger partial charge in [-0.3, -0.25) is 9.59 Å². The molecule has 1 saturated heterocycles. The molecule has 2 heterocycles. The van der Waals surface area contributed by atoms with E-state index in [0.29, 0.717) is 11.7 Å². The van der Waals surface area contributed by atoms with E-state index in [1.54, 1.807) is 12.0 Å². The minimum atomic E-state index is -0.404. The van der Waals surface area contributed by atoms with Gasteiger partial charge < -0.3 is 15.0 Å². The molecular weight excluding hydrogens is 412 g/mol. The molecule has 0 bridgehead atoms. The second-order valence-corrected chi connectivity index (χ2v) is 8.59. The second-order valence-electron chi connectivity index (χ2n) is 7.53. The highest BCUT2D eigenvalue weighted by Gasteiger charge is 2.36. The number of para-hydroxylation sites is 1. The fourth-order valence-corrected chi connectivity index (χ4v) is 4.38. The van der Waals surface area contributed by atoms with E-state index in [4.69, 9.17) is 4.74 Å². The first kappa shape index (κ1) is 21.0. The lowest BCUT2D eigenvalue weighted by Gasteiger charge is -2.18. The van der Waals surface area contributed by atoms with E-state index < -0.39 is 5.92 Å². The zero-order chi connectivity index (χ0) is 21.8. The van der Waals surface area contributed by atoms with E-state index in [-0.39, 0.29) is 18.2 Å². The normalized spacial score (nSPS) is 15.9. The molecule has 160 valence electrons. The average Bonchev–Trinajstić information content (AvgIpc) is 3.39. The first-order chi connectivity index (χ1) is 15.0. The second kappa shape index (κ2) is 9.26. The molecule has 0 radical (unpaired) electrons. The molecule has 8 heteroatoms. The van der Waals surface area contributed by atoms with Crippen molar-refractivity contribution < 1.29 is 14.3 Å². The smallest absolute Gasteiger partial charge is 0.231 e. The standard InChI is InChI=1S/C23H24N4O3S/c1-15-5-3-4-6-19(15)27-14-17(13-21(27)28)22(29)24-23-26-25-20(31-23)12-9-16-7-10-18(30-2)11-8-16/h3-8,10-11,17H,9,12-14H2,1-2H3,(H,24,26,29)/t17-/m0/s1. The molecule has 1 aliphatic heterocycles. The van der Waals surface area contributed by atoms with Gasteiger partial charge in [-0.15, -0.1) is 10.2 Å². The van der Waals surface area contributed by atoms with Gasteiger partial charge in [0.1, 0.15) is 10.8 Å². The third-order valence-electron chi connectivity index (χ3n) is 5.39. The molecule has 7 nitrogen and oxygen atoms in total. The molecule has 1 fully saturated rings. The van der Waals surface area contributed by atoms with Crippen LogP contribution >= 0.6 is 11.3 Å². The van der Waals surface area contributed by atoms with Crippen LogP contribution in [0.4, 0.5) is 10.8 Å². The van der Waals surface area contributed by atoms with Crippen LogP contribution in [-0.4, -0.2) is 35.7 Å². The van der Waals surface area contributed by atoms with Crippen molar-refractivity contribution in [2.24, 2.45) is 5.92 Å². The molecule has 0 spiro atoms. The van der Waals surface area contributed by atoms with Crippen LogP contribution in [-0.2, 0) is 22.4 Å². The summed E-state index contributed by atoms with van der Waals surface area (Å²) >= 11 is 1.37. The predicted molar refractivity (Wildman–Crippen MR) is 121 cm³/mol. The zero-order valence-electron chi connectivity index (χ0n) is 17.5. The van der Waals surface area contributed by atoms with Crippen LogP contribution in [0.1, 0.15) is 22.6 Å². The molecule has 2 aromatic carbocycles. The van der Waals surface area contributed by atoms with Crippen molar-refractivity contribution in [2.75, 3.05) is 23.9 Å². The number of carbonyl (C=O) groups is 2. The van der Waals surface area contributed by atoms with Gasteiger partial charge in [0.25, 0.3) is 0 Å². The lowest BCUT2D eigenvalue weighted by molar-refractivity contribution is -0.122. The lowest BCUT2D eigenvalue weighted by atomic mass is 10.1. The summed E-state index contributed by atoms with van der Waals surface area (Å²) < 4.78 is 5.17. The Morgan fingerprint density at radius 1 is 1.16 bits per heavy atom. The molecular formula is C23H24N4O3S. The highest BCUT2D eigenvalue weighted by molar-refractivity contribution is 7.15. The number of methoxy groups -OCH3 is 1. The summed E-state index contributed by atoms with van der Waals surface area (Å²) in [5.74, 6) is 0.198. The Balaban J connectivity index is 1.32. The summed E-state index contributed by atoms with van der Waals surface area (Å²) in [7, 11) is 1.65. The molecule has 0 saturated carbocycles. The summed E-state index contributed by atoms with van der Waals surface area (Å²) in [4.78, 5) is 26.9. The molecule has 3 aromatic rings. The van der Waals surface area contributed by atoms with E-state index in [2.05, 4.69) is 15.5 Å². The van der Waals surface area contributed by atoms with Crippen molar-refractivity contribution >= 4 is 34.0 Å². The number of aryl methyl sites for hydroxylation is 3. The number of hydrogen-bond donors (Lipinski definition) is 1. The molecule has 2 amide bonds. The molecule has 1 atom stereocenters. The summed E-state index contributed by atoms with van der Waals surface area (Å²) in [6.45, 7) is 2.34. The van der Waals surface area contributed by atoms with Crippen LogP contribution in [0.15, 0.2) is 48.5 Å². The number of nitrogens with zero attached hydrogens (tertiary/aromatic N) is 3. The first-order valence-electron chi connectivity index (χ1n) is 10.2. The number of rotatable bonds is 7. The van der Waals surface area contributed by atoms with Crippen molar-refractivity contribution in [1.82, 2.24) is 10.2 Å². The molecule has 0 unspecified atom stereocenters. The Morgan fingerprint density at radius 3 is 2.68 bits per heavy atom. The largest absolute Gasteiger partial charge is 0.497 e. The van der Waals surface area contributed by atoms with Crippen molar-refractivity contribution in [2.45, 2.75) is 26.2 Å². The van der Waals surface area contributed by atoms with Gasteiger partial charge in [0, 0.05) is 25.1 Å². The maximum atomic E-state index is 12.7. The van der Waals surface area contributed by atoms with Crippen LogP contribution in [0.25, 0.3) is 0 Å². The van der Waals surface area contributed by atoms with Crippen LogP contribution in [0.3, 0.4) is 0 Å². The third kappa shape index (κ3) is 4.91. The average molecular weight is 437 g/mol. The van der Waals surface area contributed by atoms with Crippen molar-refractivity contribution in [3.63, 3.8) is 0 Å². The van der Waals surface area contributed by atoms with Crippen LogP contribution in [0.5, 0.6) is 5.75 Å². The highest BCUT2D eigenvalue weighted by atomic mass is 32.1. The van der Waals surface area contributed by atoms with Gasteiger partial charge in [-0.2, -0.15) is 0 Å². The van der Waals surface area contributed by atoms with Gasteiger partial charge in [-0.1, -0.05) is 41.7 Å². The van der Waals surface area contributed by atoms with Crippen molar-refractivity contribution in [3.05, 3.63) is 64.7 Å². The van der Waals surface area contributed by atoms with Crippen molar-refractivity contribution in [1.29, 1.82) is 0 Å². The number of aromatic nitrogens is 2. The monoisotopic (exact) mass is 436 g/mol. The van der Waals surface area contributed by atoms with Crippen LogP contribution in [0.2, 0.25) is 0 Å².